The highest BCUT2D eigenvalue weighted by Gasteiger charge is 2.26. The average molecular weight is 474 g/mol. The number of nitrogens with one attached hydrogen (secondary N) is 2. The lowest BCUT2D eigenvalue weighted by Crippen LogP contribution is -2.48. The summed E-state index contributed by atoms with van der Waals surface area (Å²) in [5.41, 5.74) is 1.98. The van der Waals surface area contributed by atoms with Gasteiger partial charge in [0.1, 0.15) is 10.7 Å². The molecule has 7 nitrogen and oxygen atoms in total. The molecular formula is C22H21ClFN5O2S. The Morgan fingerprint density at radius 2 is 1.72 bits per heavy atom. The molecule has 0 atom stereocenters. The molecule has 2 N–H and O–H groups in total. The maximum Gasteiger partial charge on any atom is 0.325 e. The van der Waals surface area contributed by atoms with Gasteiger partial charge in [0.25, 0.3) is 5.91 Å². The number of aryl methyl sites for hydroxylation is 1. The van der Waals surface area contributed by atoms with Gasteiger partial charge in [-0.1, -0.05) is 35.1 Å². The maximum absolute atomic E-state index is 13.0. The fourth-order valence-electron chi connectivity index (χ4n) is 3.44. The van der Waals surface area contributed by atoms with Crippen molar-refractivity contribution in [1.29, 1.82) is 0 Å². The molecule has 1 aromatic heterocycles. The SMILES string of the molecule is Cc1nc(NC(=O)Nc2ccc(F)cc2)sc1C(=O)N1CCN(c2ccccc2Cl)CC1. The number of piperazine rings is 1. The molecule has 1 aliphatic rings. The van der Waals surface area contributed by atoms with Crippen LogP contribution in [0.5, 0.6) is 0 Å². The van der Waals surface area contributed by atoms with Crippen molar-refractivity contribution in [2.24, 2.45) is 0 Å². The van der Waals surface area contributed by atoms with E-state index in [0.29, 0.717) is 52.6 Å². The summed E-state index contributed by atoms with van der Waals surface area (Å²) in [6, 6.07) is 12.6. The van der Waals surface area contributed by atoms with Crippen LogP contribution in [0.4, 0.5) is 25.7 Å². The molecule has 0 saturated carbocycles. The molecule has 2 heterocycles. The molecule has 0 radical (unpaired) electrons. The van der Waals surface area contributed by atoms with Gasteiger partial charge in [-0.05, 0) is 43.3 Å². The quantitative estimate of drug-likeness (QED) is 0.567. The van der Waals surface area contributed by atoms with Gasteiger partial charge < -0.3 is 15.1 Å². The van der Waals surface area contributed by atoms with E-state index in [1.54, 1.807) is 11.8 Å². The van der Waals surface area contributed by atoms with Crippen molar-refractivity contribution in [2.45, 2.75) is 6.92 Å². The van der Waals surface area contributed by atoms with Crippen molar-refractivity contribution in [2.75, 3.05) is 41.7 Å². The minimum absolute atomic E-state index is 0.106. The molecule has 3 amide bonds. The molecule has 2 aromatic carbocycles. The van der Waals surface area contributed by atoms with Crippen molar-refractivity contribution in [3.63, 3.8) is 0 Å². The van der Waals surface area contributed by atoms with E-state index in [0.717, 1.165) is 17.0 Å². The van der Waals surface area contributed by atoms with Gasteiger partial charge in [0.15, 0.2) is 5.13 Å². The third-order valence-electron chi connectivity index (χ3n) is 5.07. The molecule has 10 heteroatoms. The fourth-order valence-corrected chi connectivity index (χ4v) is 4.63. The Labute approximate surface area is 193 Å². The van der Waals surface area contributed by atoms with Crippen LogP contribution in [-0.2, 0) is 0 Å². The number of thiazole rings is 1. The number of anilines is 3. The van der Waals surface area contributed by atoms with Crippen LogP contribution in [0.3, 0.4) is 0 Å². The number of hydrogen-bond donors (Lipinski definition) is 2. The van der Waals surface area contributed by atoms with Crippen molar-refractivity contribution in [3.8, 4) is 0 Å². The molecule has 166 valence electrons. The summed E-state index contributed by atoms with van der Waals surface area (Å²) in [5, 5.41) is 6.25. The summed E-state index contributed by atoms with van der Waals surface area (Å²) >= 11 is 7.42. The van der Waals surface area contributed by atoms with Gasteiger partial charge >= 0.3 is 6.03 Å². The smallest absolute Gasteiger partial charge is 0.325 e. The lowest BCUT2D eigenvalue weighted by Gasteiger charge is -2.36. The summed E-state index contributed by atoms with van der Waals surface area (Å²) in [4.78, 5) is 34.0. The van der Waals surface area contributed by atoms with Crippen LogP contribution in [0.2, 0.25) is 5.02 Å². The van der Waals surface area contributed by atoms with Crippen LogP contribution in [-0.4, -0.2) is 48.0 Å². The van der Waals surface area contributed by atoms with Gasteiger partial charge in [-0.15, -0.1) is 0 Å². The minimum Gasteiger partial charge on any atom is -0.367 e. The summed E-state index contributed by atoms with van der Waals surface area (Å²) in [5.74, 6) is -0.492. The summed E-state index contributed by atoms with van der Waals surface area (Å²) in [6.45, 7) is 4.23. The Balaban J connectivity index is 1.36. The number of benzene rings is 2. The number of amides is 3. The van der Waals surface area contributed by atoms with E-state index in [-0.39, 0.29) is 11.7 Å². The second kappa shape index (κ2) is 9.54. The first-order valence-corrected chi connectivity index (χ1v) is 11.2. The normalized spacial score (nSPS) is 13.7. The standard InChI is InChI=1S/C22H21ClFN5O2S/c1-14-19(32-22(25-14)27-21(31)26-16-8-6-15(24)7-9-16)20(30)29-12-10-28(11-13-29)18-5-3-2-4-17(18)23/h2-9H,10-13H2,1H3,(H2,25,26,27,31). The third-order valence-corrected chi connectivity index (χ3v) is 6.45. The zero-order valence-electron chi connectivity index (χ0n) is 17.3. The Morgan fingerprint density at radius 1 is 1.03 bits per heavy atom. The number of carbonyl (C=O) groups excluding carboxylic acids is 2. The lowest BCUT2D eigenvalue weighted by molar-refractivity contribution is 0.0750. The first kappa shape index (κ1) is 22.0. The average Bonchev–Trinajstić information content (AvgIpc) is 3.15. The fraction of sp³-hybridized carbons (Fsp3) is 0.227. The molecule has 4 rings (SSSR count). The van der Waals surface area contributed by atoms with E-state index in [2.05, 4.69) is 20.5 Å². The highest BCUT2D eigenvalue weighted by molar-refractivity contribution is 7.17. The molecule has 32 heavy (non-hydrogen) atoms. The van der Waals surface area contributed by atoms with Gasteiger partial charge in [0, 0.05) is 31.9 Å². The molecule has 3 aromatic rings. The van der Waals surface area contributed by atoms with Gasteiger partial charge in [0.2, 0.25) is 0 Å². The first-order chi connectivity index (χ1) is 15.4. The number of para-hydroxylation sites is 1. The Kier molecular flexibility index (Phi) is 6.57. The monoisotopic (exact) mass is 473 g/mol. The molecule has 1 fully saturated rings. The van der Waals surface area contributed by atoms with E-state index in [4.69, 9.17) is 11.6 Å². The molecular weight excluding hydrogens is 453 g/mol. The highest BCUT2D eigenvalue weighted by atomic mass is 35.5. The molecule has 0 bridgehead atoms. The number of urea groups is 1. The second-order valence-electron chi connectivity index (χ2n) is 7.25. The van der Waals surface area contributed by atoms with Crippen LogP contribution >= 0.6 is 22.9 Å². The van der Waals surface area contributed by atoms with Gasteiger partial charge in [-0.2, -0.15) is 0 Å². The minimum atomic E-state index is -0.516. The van der Waals surface area contributed by atoms with Crippen LogP contribution in [0.25, 0.3) is 0 Å². The van der Waals surface area contributed by atoms with E-state index >= 15 is 0 Å². The van der Waals surface area contributed by atoms with E-state index in [9.17, 15) is 14.0 Å². The van der Waals surface area contributed by atoms with Gasteiger partial charge in [-0.3, -0.25) is 10.1 Å². The molecule has 0 unspecified atom stereocenters. The predicted octanol–water partition coefficient (Wildman–Crippen LogP) is 4.85. The zero-order valence-corrected chi connectivity index (χ0v) is 18.8. The van der Waals surface area contributed by atoms with E-state index in [1.807, 2.05) is 24.3 Å². The molecule has 1 saturated heterocycles. The number of carbonyl (C=O) groups is 2. The maximum atomic E-state index is 13.0. The lowest BCUT2D eigenvalue weighted by atomic mass is 10.2. The van der Waals surface area contributed by atoms with Crippen LogP contribution in [0, 0.1) is 12.7 Å². The summed E-state index contributed by atoms with van der Waals surface area (Å²) in [6.07, 6.45) is 0. The van der Waals surface area contributed by atoms with E-state index in [1.165, 1.54) is 24.3 Å². The molecule has 1 aliphatic heterocycles. The Hall–Kier alpha value is -3.17. The van der Waals surface area contributed by atoms with Crippen molar-refractivity contribution in [3.05, 3.63) is 69.9 Å². The predicted molar refractivity (Wildman–Crippen MR) is 125 cm³/mol. The molecule has 0 spiro atoms. The number of rotatable bonds is 4. The summed E-state index contributed by atoms with van der Waals surface area (Å²) < 4.78 is 13.0. The van der Waals surface area contributed by atoms with Crippen molar-refractivity contribution >= 4 is 51.4 Å². The second-order valence-corrected chi connectivity index (χ2v) is 8.66. The van der Waals surface area contributed by atoms with Crippen molar-refractivity contribution in [1.82, 2.24) is 9.88 Å². The zero-order chi connectivity index (χ0) is 22.7. The van der Waals surface area contributed by atoms with Gasteiger partial charge in [0.05, 0.1) is 16.4 Å². The third kappa shape index (κ3) is 5.00. The highest BCUT2D eigenvalue weighted by Crippen LogP contribution is 2.28. The van der Waals surface area contributed by atoms with Gasteiger partial charge in [-0.25, -0.2) is 14.2 Å². The molecule has 0 aliphatic carbocycles. The Bertz CT molecular complexity index is 1130. The Morgan fingerprint density at radius 3 is 2.41 bits per heavy atom. The first-order valence-electron chi connectivity index (χ1n) is 10.0. The van der Waals surface area contributed by atoms with Crippen LogP contribution < -0.4 is 15.5 Å². The van der Waals surface area contributed by atoms with Crippen molar-refractivity contribution < 1.29 is 14.0 Å². The van der Waals surface area contributed by atoms with E-state index < -0.39 is 6.03 Å². The van der Waals surface area contributed by atoms with Crippen LogP contribution in [0.1, 0.15) is 15.4 Å². The number of nitrogens with zero attached hydrogens (tertiary/aromatic N) is 3. The topological polar surface area (TPSA) is 77.6 Å². The number of hydrogen-bond acceptors (Lipinski definition) is 5. The largest absolute Gasteiger partial charge is 0.367 e. The number of aromatic nitrogens is 1. The number of halogens is 2. The summed E-state index contributed by atoms with van der Waals surface area (Å²) in [7, 11) is 0. The van der Waals surface area contributed by atoms with Crippen LogP contribution in [0.15, 0.2) is 48.5 Å².